The molecule has 4 saturated heterocycles. The number of aliphatic carboxylic acids is 1. The lowest BCUT2D eigenvalue weighted by Crippen LogP contribution is -2.66. The predicted molar refractivity (Wildman–Crippen MR) is 242 cm³/mol. The van der Waals surface area contributed by atoms with Gasteiger partial charge in [-0.15, -0.1) is 0 Å². The Bertz CT molecular complexity index is 2640. The number of carbonyl (C=O) groups excluding carboxylic acids is 4. The highest BCUT2D eigenvalue weighted by molar-refractivity contribution is 6.30. The SMILES string of the molecule is CC(C)(c1ccc(OCc2ccnc(N3CCC(N4CC(N5CCN(c6ccc7c(c6)C(=O)N(C6CCC(=O)NC6=O)C7=O)CC5)C4)CC3)n2)cc1)c1cc(Cl)cc(C#N)c1.O=C(O)C(F)(F)F. The van der Waals surface area contributed by atoms with Crippen LogP contribution in [0.3, 0.4) is 0 Å². The van der Waals surface area contributed by atoms with Gasteiger partial charge in [-0.05, 0) is 85.0 Å². The molecule has 5 aliphatic rings. The van der Waals surface area contributed by atoms with Gasteiger partial charge in [0.15, 0.2) is 0 Å². The summed E-state index contributed by atoms with van der Waals surface area (Å²) in [5, 5.41) is 19.3. The summed E-state index contributed by atoms with van der Waals surface area (Å²) in [6.07, 6.45) is -0.927. The Morgan fingerprint density at radius 2 is 1.51 bits per heavy atom. The summed E-state index contributed by atoms with van der Waals surface area (Å²) in [5.41, 5.74) is 4.58. The minimum Gasteiger partial charge on any atom is -0.487 e. The molecule has 3 aromatic carbocycles. The van der Waals surface area contributed by atoms with E-state index in [0.29, 0.717) is 40.4 Å². The Kier molecular flexibility index (Phi) is 13.8. The minimum absolute atomic E-state index is 0.0960. The molecular formula is C48H49ClF3N9O7. The van der Waals surface area contributed by atoms with Crippen LogP contribution < -0.4 is 19.9 Å². The normalized spacial score (nSPS) is 19.7. The van der Waals surface area contributed by atoms with Crippen LogP contribution in [0.25, 0.3) is 0 Å². The maximum absolute atomic E-state index is 13.4. The van der Waals surface area contributed by atoms with E-state index in [2.05, 4.69) is 49.8 Å². The number of alkyl halides is 3. The number of imide groups is 2. The molecule has 1 aromatic heterocycles. The summed E-state index contributed by atoms with van der Waals surface area (Å²) < 4.78 is 37.9. The van der Waals surface area contributed by atoms with Gasteiger partial charge in [0.1, 0.15) is 18.4 Å². The summed E-state index contributed by atoms with van der Waals surface area (Å²) in [6.45, 7) is 11.9. The first-order valence-corrected chi connectivity index (χ1v) is 22.7. The highest BCUT2D eigenvalue weighted by Gasteiger charge is 2.45. The predicted octanol–water partition coefficient (Wildman–Crippen LogP) is 5.42. The van der Waals surface area contributed by atoms with E-state index in [4.69, 9.17) is 31.2 Å². The van der Waals surface area contributed by atoms with Crippen molar-refractivity contribution in [2.24, 2.45) is 0 Å². The van der Waals surface area contributed by atoms with Crippen molar-refractivity contribution >= 4 is 52.8 Å². The van der Waals surface area contributed by atoms with Crippen molar-refractivity contribution in [3.63, 3.8) is 0 Å². The number of carboxylic acid groups (broad SMARTS) is 1. The lowest BCUT2D eigenvalue weighted by molar-refractivity contribution is -0.192. The van der Waals surface area contributed by atoms with E-state index >= 15 is 0 Å². The number of piperazine rings is 1. The quantitative estimate of drug-likeness (QED) is 0.192. The molecule has 0 aliphatic carbocycles. The molecule has 2 N–H and O–H groups in total. The minimum atomic E-state index is -5.08. The lowest BCUT2D eigenvalue weighted by atomic mass is 9.78. The summed E-state index contributed by atoms with van der Waals surface area (Å²) in [6, 6.07) is 23.0. The molecule has 356 valence electrons. The van der Waals surface area contributed by atoms with Crippen molar-refractivity contribution in [3.8, 4) is 11.8 Å². The fraction of sp³-hybridized carbons (Fsp3) is 0.417. The van der Waals surface area contributed by atoms with Crippen molar-refractivity contribution in [1.82, 2.24) is 30.0 Å². The number of halogens is 4. The van der Waals surface area contributed by atoms with Gasteiger partial charge in [0.25, 0.3) is 11.8 Å². The van der Waals surface area contributed by atoms with Crippen molar-refractivity contribution in [2.75, 3.05) is 62.2 Å². The molecule has 9 rings (SSSR count). The monoisotopic (exact) mass is 955 g/mol. The molecule has 0 spiro atoms. The van der Waals surface area contributed by atoms with Crippen LogP contribution in [0.15, 0.2) is 72.9 Å². The van der Waals surface area contributed by atoms with Crippen molar-refractivity contribution in [2.45, 2.75) is 75.9 Å². The molecule has 0 saturated carbocycles. The Morgan fingerprint density at radius 1 is 0.838 bits per heavy atom. The number of nitrogens with zero attached hydrogens (tertiary/aromatic N) is 8. The second kappa shape index (κ2) is 19.5. The average molecular weight is 956 g/mol. The first-order chi connectivity index (χ1) is 32.4. The van der Waals surface area contributed by atoms with Gasteiger partial charge in [-0.1, -0.05) is 37.6 Å². The van der Waals surface area contributed by atoms with Gasteiger partial charge in [-0.25, -0.2) is 14.8 Å². The number of carbonyl (C=O) groups is 5. The number of likely N-dealkylation sites (tertiary alicyclic amines) is 1. The van der Waals surface area contributed by atoms with E-state index in [1.54, 1.807) is 24.4 Å². The van der Waals surface area contributed by atoms with E-state index in [9.17, 15) is 37.6 Å². The topological polar surface area (TPSA) is 193 Å². The van der Waals surface area contributed by atoms with Crippen LogP contribution in [0.1, 0.15) is 82.6 Å². The molecule has 0 bridgehead atoms. The molecule has 1 atom stereocenters. The Hall–Kier alpha value is -6.62. The average Bonchev–Trinajstić information content (AvgIpc) is 3.55. The van der Waals surface area contributed by atoms with E-state index < -0.39 is 35.9 Å². The molecule has 4 amide bonds. The molecule has 20 heteroatoms. The van der Waals surface area contributed by atoms with E-state index in [1.807, 2.05) is 48.5 Å². The standard InChI is InChI=1S/C46H48ClN9O5.C2HF3O2/c1-46(2,31-21-29(25-48)22-32(47)23-31)30-3-6-37(7-4-30)61-28-33-11-14-49-45(50-33)54-15-12-34(13-16-54)55-26-36(27-55)53-19-17-52(18-20-53)35-5-8-38-39(24-35)44(60)56(43(38)59)40-9-10-41(57)51-42(40)58;3-2(4,5)1(6)7/h3-8,11,14,21-24,34,36,40H,9-10,12-13,15-20,26-28H2,1-2H3,(H,51,57,58);(H,6,7). The summed E-state index contributed by atoms with van der Waals surface area (Å²) in [4.78, 5) is 79.7. The number of hydrogen-bond acceptors (Lipinski definition) is 13. The number of hydrogen-bond donors (Lipinski definition) is 2. The van der Waals surface area contributed by atoms with Gasteiger partial charge in [-0.3, -0.25) is 39.2 Å². The molecule has 0 radical (unpaired) electrons. The molecule has 5 aliphatic heterocycles. The number of piperidine rings is 2. The molecule has 4 aromatic rings. The second-order valence-electron chi connectivity index (χ2n) is 18.0. The molecule has 68 heavy (non-hydrogen) atoms. The highest BCUT2D eigenvalue weighted by Crippen LogP contribution is 2.36. The number of carboxylic acids is 1. The number of anilines is 2. The molecule has 16 nitrogen and oxygen atoms in total. The van der Waals surface area contributed by atoms with Crippen LogP contribution >= 0.6 is 11.6 Å². The Balaban J connectivity index is 0.000000830. The van der Waals surface area contributed by atoms with Crippen LogP contribution in [0.5, 0.6) is 5.75 Å². The maximum atomic E-state index is 13.4. The van der Waals surface area contributed by atoms with Crippen LogP contribution in [-0.2, 0) is 26.4 Å². The number of rotatable bonds is 10. The molecule has 4 fully saturated rings. The van der Waals surface area contributed by atoms with E-state index in [0.717, 1.165) is 104 Å². The Labute approximate surface area is 395 Å². The van der Waals surface area contributed by atoms with Gasteiger partial charge in [0.05, 0.1) is 28.5 Å². The zero-order valence-corrected chi connectivity index (χ0v) is 38.1. The lowest BCUT2D eigenvalue weighted by Gasteiger charge is -2.52. The highest BCUT2D eigenvalue weighted by atomic mass is 35.5. The van der Waals surface area contributed by atoms with Crippen LogP contribution in [0.2, 0.25) is 5.02 Å². The van der Waals surface area contributed by atoms with Crippen molar-refractivity contribution in [1.29, 1.82) is 5.26 Å². The third-order valence-electron chi connectivity index (χ3n) is 13.4. The first kappa shape index (κ1) is 47.9. The zero-order chi connectivity index (χ0) is 48.5. The molecule has 6 heterocycles. The first-order valence-electron chi connectivity index (χ1n) is 22.3. The Morgan fingerprint density at radius 3 is 2.16 bits per heavy atom. The summed E-state index contributed by atoms with van der Waals surface area (Å²) >= 11 is 6.30. The zero-order valence-electron chi connectivity index (χ0n) is 37.3. The largest absolute Gasteiger partial charge is 0.490 e. The number of fused-ring (bicyclic) bond motifs is 1. The van der Waals surface area contributed by atoms with Crippen molar-refractivity contribution in [3.05, 3.63) is 111 Å². The van der Waals surface area contributed by atoms with Crippen LogP contribution in [-0.4, -0.2) is 136 Å². The van der Waals surface area contributed by atoms with Crippen LogP contribution in [0.4, 0.5) is 24.8 Å². The summed E-state index contributed by atoms with van der Waals surface area (Å²) in [7, 11) is 0. The van der Waals surface area contributed by atoms with E-state index in [-0.39, 0.29) is 24.2 Å². The third-order valence-corrected chi connectivity index (χ3v) is 13.6. The number of aromatic nitrogens is 2. The van der Waals surface area contributed by atoms with Crippen molar-refractivity contribution < 1.29 is 47.0 Å². The fourth-order valence-corrected chi connectivity index (χ4v) is 9.61. The molecule has 1 unspecified atom stereocenters. The van der Waals surface area contributed by atoms with Gasteiger partial charge < -0.3 is 19.6 Å². The van der Waals surface area contributed by atoms with E-state index in [1.165, 1.54) is 0 Å². The van der Waals surface area contributed by atoms with Gasteiger partial charge in [0.2, 0.25) is 17.8 Å². The number of amides is 4. The number of nitriles is 1. The fourth-order valence-electron chi connectivity index (χ4n) is 9.37. The number of nitrogens with one attached hydrogen (secondary N) is 1. The van der Waals surface area contributed by atoms with Gasteiger partial charge >= 0.3 is 12.1 Å². The maximum Gasteiger partial charge on any atom is 0.490 e. The third kappa shape index (κ3) is 10.3. The van der Waals surface area contributed by atoms with Gasteiger partial charge in [-0.2, -0.15) is 18.4 Å². The molecular weight excluding hydrogens is 907 g/mol. The second-order valence-corrected chi connectivity index (χ2v) is 18.4. The number of ether oxygens (including phenoxy) is 1. The smallest absolute Gasteiger partial charge is 0.487 e. The van der Waals surface area contributed by atoms with Crippen LogP contribution in [0, 0.1) is 11.3 Å². The number of benzene rings is 3. The van der Waals surface area contributed by atoms with Gasteiger partial charge in [0, 0.05) is 93.2 Å². The summed E-state index contributed by atoms with van der Waals surface area (Å²) in [5.74, 6) is -3.22.